The molecule has 0 bridgehead atoms. The largest absolute Gasteiger partial charge is 0.490 e. The number of aliphatic hydroxyl groups excluding tert-OH is 1. The Bertz CT molecular complexity index is 1060. The van der Waals surface area contributed by atoms with E-state index in [1.165, 1.54) is 12.3 Å². The molecule has 0 saturated carbocycles. The van der Waals surface area contributed by atoms with Crippen LogP contribution in [0.2, 0.25) is 0 Å². The zero-order valence-corrected chi connectivity index (χ0v) is 19.0. The first-order chi connectivity index (χ1) is 13.4. The summed E-state index contributed by atoms with van der Waals surface area (Å²) in [4.78, 5) is 38.1. The highest BCUT2D eigenvalue weighted by Crippen LogP contribution is 2.66. The van der Waals surface area contributed by atoms with Crippen molar-refractivity contribution in [3.8, 4) is 0 Å². The molecule has 2 heterocycles. The van der Waals surface area contributed by atoms with Gasteiger partial charge in [-0.05, 0) is 25.2 Å². The highest BCUT2D eigenvalue weighted by molar-refractivity contribution is 7.72. The van der Waals surface area contributed by atoms with Gasteiger partial charge in [-0.15, -0.1) is 0 Å². The third kappa shape index (κ3) is 6.64. The standard InChI is InChI=1S/C10H16FN2O12P3S2/c1-10(11)7(14)5(23-8(10)13-3-2-6(29)12-9(13)30)4-22-27(18,19)25-28(20,21)24-26(15,16)17/h2-3,5,7-8,14H,4H2,1H3,(H,18,19)(H,20,21)(H,12,29,30)(H2,15,16,17). The van der Waals surface area contributed by atoms with Gasteiger partial charge in [0.15, 0.2) is 16.7 Å². The van der Waals surface area contributed by atoms with Gasteiger partial charge in [-0.1, -0.05) is 12.2 Å². The fourth-order valence-electron chi connectivity index (χ4n) is 2.43. The van der Waals surface area contributed by atoms with Gasteiger partial charge in [0, 0.05) is 6.20 Å². The van der Waals surface area contributed by atoms with Crippen molar-refractivity contribution in [2.45, 2.75) is 31.0 Å². The van der Waals surface area contributed by atoms with E-state index >= 15 is 4.39 Å². The Morgan fingerprint density at radius 3 is 2.37 bits per heavy atom. The molecule has 0 radical (unpaired) electrons. The van der Waals surface area contributed by atoms with Gasteiger partial charge in [-0.3, -0.25) is 9.09 Å². The fourth-order valence-corrected chi connectivity index (χ4v) is 5.95. The van der Waals surface area contributed by atoms with Crippen LogP contribution in [0.4, 0.5) is 4.39 Å². The average Bonchev–Trinajstić information content (AvgIpc) is 2.73. The second-order valence-electron chi connectivity index (χ2n) is 6.03. The molecule has 0 amide bonds. The highest BCUT2D eigenvalue weighted by Gasteiger charge is 2.55. The number of phosphoric ester groups is 1. The monoisotopic (exact) mass is 532 g/mol. The van der Waals surface area contributed by atoms with E-state index in [0.29, 0.717) is 0 Å². The minimum Gasteiger partial charge on any atom is -0.387 e. The van der Waals surface area contributed by atoms with Crippen LogP contribution in [0.15, 0.2) is 12.3 Å². The molecule has 1 saturated heterocycles. The summed E-state index contributed by atoms with van der Waals surface area (Å²) in [6, 6.07) is 1.37. The number of H-pyrrole nitrogens is 1. The van der Waals surface area contributed by atoms with Crippen molar-refractivity contribution in [2.24, 2.45) is 0 Å². The molecule has 1 aromatic rings. The Morgan fingerprint density at radius 1 is 1.23 bits per heavy atom. The molecule has 6 N–H and O–H groups in total. The summed E-state index contributed by atoms with van der Waals surface area (Å²) in [6.07, 6.45) is -3.72. The van der Waals surface area contributed by atoms with Crippen molar-refractivity contribution in [2.75, 3.05) is 6.61 Å². The lowest BCUT2D eigenvalue weighted by atomic mass is 9.99. The van der Waals surface area contributed by atoms with Crippen LogP contribution in [0.5, 0.6) is 0 Å². The summed E-state index contributed by atoms with van der Waals surface area (Å²) in [7, 11) is -16.7. The number of aromatic amines is 1. The normalized spacial score (nSPS) is 31.2. The SMILES string of the molecule is CC1(F)C(O)C(COP(=O)(O)OP(=O)(O)OP(=O)(O)O)OC1n1ccc(=S)[nH]c1=S. The van der Waals surface area contributed by atoms with Gasteiger partial charge in [0.25, 0.3) is 0 Å². The van der Waals surface area contributed by atoms with Crippen molar-refractivity contribution in [1.82, 2.24) is 9.55 Å². The van der Waals surface area contributed by atoms with Crippen molar-refractivity contribution >= 4 is 47.9 Å². The van der Waals surface area contributed by atoms with Gasteiger partial charge in [0.1, 0.15) is 16.8 Å². The lowest BCUT2D eigenvalue weighted by molar-refractivity contribution is -0.0594. The van der Waals surface area contributed by atoms with Crippen LogP contribution in [0.3, 0.4) is 0 Å². The molecular weight excluding hydrogens is 516 g/mol. The molecule has 20 heteroatoms. The number of rotatable bonds is 8. The predicted octanol–water partition coefficient (Wildman–Crippen LogP) is 1.60. The molecule has 0 aliphatic carbocycles. The number of aromatic nitrogens is 2. The van der Waals surface area contributed by atoms with E-state index in [0.717, 1.165) is 11.5 Å². The fraction of sp³-hybridized carbons (Fsp3) is 0.600. The van der Waals surface area contributed by atoms with Crippen LogP contribution in [0.25, 0.3) is 0 Å². The van der Waals surface area contributed by atoms with E-state index in [4.69, 9.17) is 43.9 Å². The van der Waals surface area contributed by atoms with E-state index in [1.807, 2.05) is 0 Å². The van der Waals surface area contributed by atoms with Gasteiger partial charge < -0.3 is 34.4 Å². The number of halogens is 1. The molecule has 1 aromatic heterocycles. The molecule has 14 nitrogen and oxygen atoms in total. The van der Waals surface area contributed by atoms with Crippen LogP contribution < -0.4 is 0 Å². The molecule has 6 unspecified atom stereocenters. The summed E-state index contributed by atoms with van der Waals surface area (Å²) in [5.74, 6) is 0. The van der Waals surface area contributed by atoms with Crippen LogP contribution in [-0.2, 0) is 31.6 Å². The molecule has 2 rings (SSSR count). The van der Waals surface area contributed by atoms with E-state index in [9.17, 15) is 23.7 Å². The average molecular weight is 532 g/mol. The maximum absolute atomic E-state index is 15.1. The molecule has 1 aliphatic heterocycles. The predicted molar refractivity (Wildman–Crippen MR) is 99.7 cm³/mol. The highest BCUT2D eigenvalue weighted by atomic mass is 32.1. The van der Waals surface area contributed by atoms with Crippen molar-refractivity contribution < 1.29 is 60.6 Å². The molecule has 0 aromatic carbocycles. The second-order valence-corrected chi connectivity index (χ2v) is 11.3. The maximum atomic E-state index is 15.1. The number of nitrogens with one attached hydrogen (secondary N) is 1. The van der Waals surface area contributed by atoms with Crippen LogP contribution in [0, 0.1) is 9.41 Å². The van der Waals surface area contributed by atoms with Gasteiger partial charge >= 0.3 is 23.5 Å². The summed E-state index contributed by atoms with van der Waals surface area (Å²) < 4.78 is 66.8. The molecule has 0 spiro atoms. The lowest BCUT2D eigenvalue weighted by Gasteiger charge is -2.25. The zero-order valence-electron chi connectivity index (χ0n) is 14.7. The summed E-state index contributed by atoms with van der Waals surface area (Å²) in [5.41, 5.74) is -2.47. The molecular formula is C10H16FN2O12P3S2. The number of alkyl halides is 1. The van der Waals surface area contributed by atoms with Gasteiger partial charge in [-0.2, -0.15) is 8.62 Å². The third-order valence-electron chi connectivity index (χ3n) is 3.64. The Balaban J connectivity index is 2.13. The van der Waals surface area contributed by atoms with E-state index in [2.05, 4.69) is 18.1 Å². The van der Waals surface area contributed by atoms with Gasteiger partial charge in [0.2, 0.25) is 0 Å². The molecule has 1 aliphatic rings. The molecule has 172 valence electrons. The topological polar surface area (TPSA) is 210 Å². The Hall–Kier alpha value is -0.220. The second kappa shape index (κ2) is 8.96. The number of hydrogen-bond acceptors (Lipinski definition) is 10. The first-order valence-corrected chi connectivity index (χ1v) is 12.9. The molecule has 30 heavy (non-hydrogen) atoms. The lowest BCUT2D eigenvalue weighted by Crippen LogP contribution is -2.40. The minimum atomic E-state index is -5.72. The van der Waals surface area contributed by atoms with Crippen LogP contribution in [-0.4, -0.2) is 58.7 Å². The number of nitrogens with zero attached hydrogens (tertiary/aromatic N) is 1. The van der Waals surface area contributed by atoms with E-state index in [-0.39, 0.29) is 9.41 Å². The Morgan fingerprint density at radius 2 is 1.83 bits per heavy atom. The Labute approximate surface area is 177 Å². The zero-order chi connectivity index (χ0) is 23.1. The number of hydrogen-bond donors (Lipinski definition) is 6. The van der Waals surface area contributed by atoms with Gasteiger partial charge in [0.05, 0.1) is 6.61 Å². The van der Waals surface area contributed by atoms with Gasteiger partial charge in [-0.25, -0.2) is 18.1 Å². The Kier molecular flexibility index (Phi) is 7.78. The number of phosphoric acid groups is 3. The molecule has 6 atom stereocenters. The summed E-state index contributed by atoms with van der Waals surface area (Å²) >= 11 is 9.90. The minimum absolute atomic E-state index is 0.0443. The quantitative estimate of drug-likeness (QED) is 0.208. The van der Waals surface area contributed by atoms with Crippen molar-refractivity contribution in [3.05, 3.63) is 21.7 Å². The third-order valence-corrected chi connectivity index (χ3v) is 7.99. The first-order valence-electron chi connectivity index (χ1n) is 7.56. The number of aliphatic hydroxyl groups is 1. The summed E-state index contributed by atoms with van der Waals surface area (Å²) in [6.45, 7) is -0.0619. The first kappa shape index (κ1) is 26.0. The smallest absolute Gasteiger partial charge is 0.387 e. The van der Waals surface area contributed by atoms with Crippen molar-refractivity contribution in [1.29, 1.82) is 0 Å². The van der Waals surface area contributed by atoms with E-state index in [1.54, 1.807) is 0 Å². The maximum Gasteiger partial charge on any atom is 0.490 e. The number of ether oxygens (including phenoxy) is 1. The molecule has 1 fully saturated rings. The van der Waals surface area contributed by atoms with E-state index < -0.39 is 54.2 Å². The van der Waals surface area contributed by atoms with Crippen LogP contribution in [0.1, 0.15) is 13.2 Å². The summed E-state index contributed by atoms with van der Waals surface area (Å²) in [5, 5.41) is 10.2. The van der Waals surface area contributed by atoms with Crippen LogP contribution >= 0.6 is 47.9 Å². The van der Waals surface area contributed by atoms with Crippen molar-refractivity contribution in [3.63, 3.8) is 0 Å².